The van der Waals surface area contributed by atoms with Crippen LogP contribution >= 0.6 is 0 Å². The van der Waals surface area contributed by atoms with Gasteiger partial charge in [-0.15, -0.1) is 0 Å². The molecule has 0 atom stereocenters. The minimum atomic E-state index is 0.0677. The SMILES string of the molecule is CN(C)CCNC(=O)N1CCN(CCc2c[nH]c3ccccc23)CC1. The zero-order valence-corrected chi connectivity index (χ0v) is 15.3. The minimum Gasteiger partial charge on any atom is -0.361 e. The van der Waals surface area contributed by atoms with Gasteiger partial charge in [-0.1, -0.05) is 18.2 Å². The first-order valence-electron chi connectivity index (χ1n) is 9.08. The number of hydrogen-bond donors (Lipinski definition) is 2. The van der Waals surface area contributed by atoms with E-state index >= 15 is 0 Å². The van der Waals surface area contributed by atoms with Gasteiger partial charge in [0.15, 0.2) is 0 Å². The average molecular weight is 343 g/mol. The predicted molar refractivity (Wildman–Crippen MR) is 102 cm³/mol. The van der Waals surface area contributed by atoms with Gasteiger partial charge in [0.25, 0.3) is 0 Å². The molecule has 2 amide bonds. The van der Waals surface area contributed by atoms with Crippen molar-refractivity contribution in [3.8, 4) is 0 Å². The van der Waals surface area contributed by atoms with E-state index in [0.29, 0.717) is 6.54 Å². The van der Waals surface area contributed by atoms with Crippen LogP contribution in [0.3, 0.4) is 0 Å². The van der Waals surface area contributed by atoms with Gasteiger partial charge < -0.3 is 20.1 Å². The van der Waals surface area contributed by atoms with Crippen LogP contribution in [0.4, 0.5) is 4.79 Å². The van der Waals surface area contributed by atoms with E-state index < -0.39 is 0 Å². The quantitative estimate of drug-likeness (QED) is 0.838. The monoisotopic (exact) mass is 343 g/mol. The smallest absolute Gasteiger partial charge is 0.317 e. The van der Waals surface area contributed by atoms with Crippen LogP contribution in [0.5, 0.6) is 0 Å². The van der Waals surface area contributed by atoms with Crippen molar-refractivity contribution in [1.29, 1.82) is 0 Å². The molecule has 1 fully saturated rings. The van der Waals surface area contributed by atoms with Gasteiger partial charge in [0.05, 0.1) is 0 Å². The number of likely N-dealkylation sites (N-methyl/N-ethyl adjacent to an activating group) is 1. The van der Waals surface area contributed by atoms with Crippen molar-refractivity contribution in [2.24, 2.45) is 0 Å². The average Bonchev–Trinajstić information content (AvgIpc) is 3.03. The molecule has 2 heterocycles. The van der Waals surface area contributed by atoms with E-state index in [-0.39, 0.29) is 6.03 Å². The molecule has 1 aromatic heterocycles. The molecule has 0 unspecified atom stereocenters. The molecule has 0 bridgehead atoms. The van der Waals surface area contributed by atoms with Gasteiger partial charge in [-0.25, -0.2) is 4.79 Å². The second-order valence-corrected chi connectivity index (χ2v) is 6.97. The van der Waals surface area contributed by atoms with E-state index in [4.69, 9.17) is 0 Å². The fraction of sp³-hybridized carbons (Fsp3) is 0.526. The Labute approximate surface area is 149 Å². The lowest BCUT2D eigenvalue weighted by Crippen LogP contribution is -2.52. The van der Waals surface area contributed by atoms with E-state index in [2.05, 4.69) is 50.6 Å². The molecule has 25 heavy (non-hydrogen) atoms. The Morgan fingerprint density at radius 3 is 2.72 bits per heavy atom. The molecular weight excluding hydrogens is 314 g/mol. The molecule has 0 saturated carbocycles. The first-order valence-corrected chi connectivity index (χ1v) is 9.08. The molecule has 1 aliphatic heterocycles. The number of fused-ring (bicyclic) bond motifs is 1. The van der Waals surface area contributed by atoms with Crippen LogP contribution in [-0.2, 0) is 6.42 Å². The Bertz CT molecular complexity index is 688. The van der Waals surface area contributed by atoms with Crippen molar-refractivity contribution in [2.75, 3.05) is 59.9 Å². The maximum Gasteiger partial charge on any atom is 0.317 e. The lowest BCUT2D eigenvalue weighted by atomic mass is 10.1. The molecule has 1 aliphatic rings. The summed E-state index contributed by atoms with van der Waals surface area (Å²) in [5.74, 6) is 0. The van der Waals surface area contributed by atoms with Crippen molar-refractivity contribution < 1.29 is 4.79 Å². The molecule has 0 radical (unpaired) electrons. The zero-order valence-electron chi connectivity index (χ0n) is 15.3. The maximum atomic E-state index is 12.2. The number of carbonyl (C=O) groups excluding carboxylic acids is 1. The molecule has 3 rings (SSSR count). The number of aromatic amines is 1. The molecule has 1 aromatic carbocycles. The van der Waals surface area contributed by atoms with E-state index in [9.17, 15) is 4.79 Å². The number of nitrogens with one attached hydrogen (secondary N) is 2. The number of rotatable bonds is 6. The highest BCUT2D eigenvalue weighted by Crippen LogP contribution is 2.18. The summed E-state index contributed by atoms with van der Waals surface area (Å²) < 4.78 is 0. The van der Waals surface area contributed by atoms with Gasteiger partial charge in [-0.3, -0.25) is 4.90 Å². The molecule has 0 spiro atoms. The number of H-pyrrole nitrogens is 1. The number of aromatic nitrogens is 1. The highest BCUT2D eigenvalue weighted by molar-refractivity contribution is 5.83. The molecule has 136 valence electrons. The first kappa shape index (κ1) is 17.8. The second kappa shape index (κ2) is 8.36. The van der Waals surface area contributed by atoms with Crippen LogP contribution in [-0.4, -0.2) is 85.6 Å². The third kappa shape index (κ3) is 4.74. The number of piperazine rings is 1. The van der Waals surface area contributed by atoms with Gasteiger partial charge in [0, 0.05) is 62.9 Å². The summed E-state index contributed by atoms with van der Waals surface area (Å²) in [7, 11) is 4.03. The standard InChI is InChI=1S/C19H29N5O/c1-22(2)10-8-20-19(25)24-13-11-23(12-14-24)9-7-16-15-21-18-6-4-3-5-17(16)18/h3-6,15,21H,7-14H2,1-2H3,(H,20,25). The van der Waals surface area contributed by atoms with Crippen molar-refractivity contribution in [3.05, 3.63) is 36.0 Å². The number of carbonyl (C=O) groups is 1. The molecular formula is C19H29N5O. The van der Waals surface area contributed by atoms with Crippen molar-refractivity contribution in [2.45, 2.75) is 6.42 Å². The Hall–Kier alpha value is -2.05. The van der Waals surface area contributed by atoms with Crippen molar-refractivity contribution in [3.63, 3.8) is 0 Å². The number of hydrogen-bond acceptors (Lipinski definition) is 3. The minimum absolute atomic E-state index is 0.0677. The number of amides is 2. The molecule has 2 aromatic rings. The van der Waals surface area contributed by atoms with Crippen LogP contribution in [0.1, 0.15) is 5.56 Å². The molecule has 6 nitrogen and oxygen atoms in total. The topological polar surface area (TPSA) is 54.6 Å². The number of nitrogens with zero attached hydrogens (tertiary/aromatic N) is 3. The lowest BCUT2D eigenvalue weighted by molar-refractivity contribution is 0.140. The van der Waals surface area contributed by atoms with Crippen LogP contribution in [0.25, 0.3) is 10.9 Å². The zero-order chi connectivity index (χ0) is 17.6. The Morgan fingerprint density at radius 2 is 1.96 bits per heavy atom. The molecule has 0 aliphatic carbocycles. The summed E-state index contributed by atoms with van der Waals surface area (Å²) >= 11 is 0. The van der Waals surface area contributed by atoms with Gasteiger partial charge in [0.1, 0.15) is 0 Å². The van der Waals surface area contributed by atoms with Crippen LogP contribution < -0.4 is 5.32 Å². The Kier molecular flexibility index (Phi) is 5.94. The third-order valence-corrected chi connectivity index (χ3v) is 4.87. The fourth-order valence-electron chi connectivity index (χ4n) is 3.29. The highest BCUT2D eigenvalue weighted by atomic mass is 16.2. The predicted octanol–water partition coefficient (Wildman–Crippen LogP) is 1.60. The summed E-state index contributed by atoms with van der Waals surface area (Å²) in [4.78, 5) is 21.9. The largest absolute Gasteiger partial charge is 0.361 e. The third-order valence-electron chi connectivity index (χ3n) is 4.87. The van der Waals surface area contributed by atoms with Gasteiger partial charge >= 0.3 is 6.03 Å². The summed E-state index contributed by atoms with van der Waals surface area (Å²) in [5, 5.41) is 4.32. The van der Waals surface area contributed by atoms with E-state index in [1.165, 1.54) is 16.5 Å². The maximum absolute atomic E-state index is 12.2. The molecule has 1 saturated heterocycles. The fourth-order valence-corrected chi connectivity index (χ4v) is 3.29. The van der Waals surface area contributed by atoms with Gasteiger partial charge in [-0.05, 0) is 32.1 Å². The molecule has 2 N–H and O–H groups in total. The number of urea groups is 1. The van der Waals surface area contributed by atoms with Crippen LogP contribution in [0.2, 0.25) is 0 Å². The van der Waals surface area contributed by atoms with E-state index in [1.54, 1.807) is 0 Å². The summed E-state index contributed by atoms with van der Waals surface area (Å²) in [5.41, 5.74) is 2.58. The normalized spacial score (nSPS) is 15.9. The van der Waals surface area contributed by atoms with Crippen molar-refractivity contribution in [1.82, 2.24) is 25.0 Å². The Balaban J connectivity index is 1.41. The second-order valence-electron chi connectivity index (χ2n) is 6.97. The van der Waals surface area contributed by atoms with Crippen LogP contribution in [0.15, 0.2) is 30.5 Å². The summed E-state index contributed by atoms with van der Waals surface area (Å²) in [6, 6.07) is 8.51. The van der Waals surface area contributed by atoms with E-state index in [1.807, 2.05) is 19.0 Å². The number of para-hydroxylation sites is 1. The Morgan fingerprint density at radius 1 is 1.20 bits per heavy atom. The van der Waals surface area contributed by atoms with Gasteiger partial charge in [-0.2, -0.15) is 0 Å². The van der Waals surface area contributed by atoms with E-state index in [0.717, 1.165) is 45.7 Å². The highest BCUT2D eigenvalue weighted by Gasteiger charge is 2.20. The molecule has 6 heteroatoms. The van der Waals surface area contributed by atoms with Crippen molar-refractivity contribution >= 4 is 16.9 Å². The van der Waals surface area contributed by atoms with Gasteiger partial charge in [0.2, 0.25) is 0 Å². The number of benzene rings is 1. The van der Waals surface area contributed by atoms with Crippen LogP contribution in [0, 0.1) is 0 Å². The lowest BCUT2D eigenvalue weighted by Gasteiger charge is -2.34. The first-order chi connectivity index (χ1) is 12.1. The summed E-state index contributed by atoms with van der Waals surface area (Å²) in [6.07, 6.45) is 3.16. The summed E-state index contributed by atoms with van der Waals surface area (Å²) in [6.45, 7) is 6.12.